The molecule has 2 amide bonds. The summed E-state index contributed by atoms with van der Waals surface area (Å²) in [5.74, 6) is -1.67. The van der Waals surface area contributed by atoms with Crippen molar-refractivity contribution in [2.24, 2.45) is 5.92 Å². The molecule has 10 heteroatoms. The predicted molar refractivity (Wildman–Crippen MR) is 122 cm³/mol. The van der Waals surface area contributed by atoms with Crippen LogP contribution >= 0.6 is 58.0 Å². The Kier molecular flexibility index (Phi) is 7.00. The quantitative estimate of drug-likeness (QED) is 0.473. The zero-order valence-corrected chi connectivity index (χ0v) is 19.6. The molecular formula is C20H17Cl5N2O3. The van der Waals surface area contributed by atoms with E-state index in [0.29, 0.717) is 33.6 Å². The molecule has 0 saturated heterocycles. The number of nitrogens with one attached hydrogen (secondary N) is 2. The first-order valence-electron chi connectivity index (χ1n) is 8.91. The van der Waals surface area contributed by atoms with Crippen LogP contribution in [0.1, 0.15) is 28.8 Å². The number of methoxy groups -OCH3 is 1. The molecule has 0 aliphatic heterocycles. The summed E-state index contributed by atoms with van der Waals surface area (Å²) in [5.41, 5.74) is 1.27. The van der Waals surface area contributed by atoms with Crippen LogP contribution < -0.4 is 15.4 Å². The Hall–Kier alpha value is -1.37. The Bertz CT molecular complexity index is 989. The molecule has 2 aromatic rings. The number of rotatable bonds is 6. The highest BCUT2D eigenvalue weighted by Gasteiger charge is 2.67. The summed E-state index contributed by atoms with van der Waals surface area (Å²) in [4.78, 5) is 25.0. The molecule has 3 rings (SSSR count). The van der Waals surface area contributed by atoms with Crippen molar-refractivity contribution < 1.29 is 14.3 Å². The van der Waals surface area contributed by atoms with Crippen LogP contribution in [0.4, 0.5) is 5.69 Å². The highest BCUT2D eigenvalue weighted by atomic mass is 35.5. The summed E-state index contributed by atoms with van der Waals surface area (Å²) < 4.78 is 3.81. The fourth-order valence-electron chi connectivity index (χ4n) is 3.27. The van der Waals surface area contributed by atoms with Crippen molar-refractivity contribution in [1.29, 1.82) is 0 Å². The molecule has 1 aliphatic rings. The summed E-state index contributed by atoms with van der Waals surface area (Å²) >= 11 is 31.3. The molecule has 160 valence electrons. The smallest absolute Gasteiger partial charge is 0.252 e. The Morgan fingerprint density at radius 1 is 1.07 bits per heavy atom. The first-order chi connectivity index (χ1) is 14.1. The van der Waals surface area contributed by atoms with E-state index in [-0.39, 0.29) is 16.5 Å². The van der Waals surface area contributed by atoms with Crippen LogP contribution in [0.25, 0.3) is 0 Å². The van der Waals surface area contributed by atoms with Crippen LogP contribution in [0.3, 0.4) is 0 Å². The molecule has 5 nitrogen and oxygen atoms in total. The number of anilines is 1. The van der Waals surface area contributed by atoms with E-state index in [4.69, 9.17) is 62.7 Å². The molecular weight excluding hydrogens is 493 g/mol. The molecule has 30 heavy (non-hydrogen) atoms. The topological polar surface area (TPSA) is 67.4 Å². The molecule has 0 bridgehead atoms. The van der Waals surface area contributed by atoms with Crippen molar-refractivity contribution in [3.05, 3.63) is 56.5 Å². The SMILES string of the molecule is CCNC(=O)c1cc(NC(=O)[C@@H]2[C@@H](c3cc(Cl)c(OC)c(Cl)c3)C2(Cl)Cl)ccc1Cl. The molecule has 2 N–H and O–H groups in total. The van der Waals surface area contributed by atoms with Crippen LogP contribution in [0.5, 0.6) is 5.75 Å². The van der Waals surface area contributed by atoms with Gasteiger partial charge in [-0.25, -0.2) is 0 Å². The zero-order valence-electron chi connectivity index (χ0n) is 15.9. The third-order valence-corrected chi connectivity index (χ3v) is 6.57. The Labute approximate surface area is 198 Å². The maximum absolute atomic E-state index is 12.9. The van der Waals surface area contributed by atoms with Gasteiger partial charge < -0.3 is 15.4 Å². The third-order valence-electron chi connectivity index (χ3n) is 4.74. The molecule has 0 aromatic heterocycles. The number of carbonyl (C=O) groups excluding carboxylic acids is 2. The summed E-state index contributed by atoms with van der Waals surface area (Å²) in [5, 5.41) is 6.26. The van der Waals surface area contributed by atoms with E-state index in [9.17, 15) is 9.59 Å². The van der Waals surface area contributed by atoms with Crippen LogP contribution in [0.15, 0.2) is 30.3 Å². The van der Waals surface area contributed by atoms with Crippen molar-refractivity contribution >= 4 is 75.5 Å². The van der Waals surface area contributed by atoms with Crippen LogP contribution in [-0.4, -0.2) is 29.8 Å². The van der Waals surface area contributed by atoms with E-state index >= 15 is 0 Å². The van der Waals surface area contributed by atoms with Crippen molar-refractivity contribution in [1.82, 2.24) is 5.32 Å². The second-order valence-corrected chi connectivity index (χ2v) is 9.36. The normalized spacial score (nSPS) is 19.2. The minimum atomic E-state index is -1.33. The van der Waals surface area contributed by atoms with Crippen molar-refractivity contribution in [2.45, 2.75) is 17.2 Å². The van der Waals surface area contributed by atoms with Gasteiger partial charge in [0.1, 0.15) is 4.33 Å². The van der Waals surface area contributed by atoms with Gasteiger partial charge in [-0.3, -0.25) is 9.59 Å². The number of hydrogen-bond acceptors (Lipinski definition) is 3. The van der Waals surface area contributed by atoms with Gasteiger partial charge >= 0.3 is 0 Å². The Morgan fingerprint density at radius 3 is 2.27 bits per heavy atom. The van der Waals surface area contributed by atoms with Crippen LogP contribution in [0.2, 0.25) is 15.1 Å². The minimum Gasteiger partial charge on any atom is -0.494 e. The average Bonchev–Trinajstić information content (AvgIpc) is 3.25. The van der Waals surface area contributed by atoms with Gasteiger partial charge in [0.25, 0.3) is 5.91 Å². The molecule has 0 heterocycles. The van der Waals surface area contributed by atoms with Gasteiger partial charge in [-0.2, -0.15) is 0 Å². The van der Waals surface area contributed by atoms with Crippen molar-refractivity contribution in [3.8, 4) is 5.75 Å². The number of amides is 2. The lowest BCUT2D eigenvalue weighted by atomic mass is 10.1. The number of carbonyl (C=O) groups is 2. The van der Waals surface area contributed by atoms with Crippen LogP contribution in [0, 0.1) is 5.92 Å². The molecule has 2 aromatic carbocycles. The molecule has 2 atom stereocenters. The summed E-state index contributed by atoms with van der Waals surface area (Å²) in [6.45, 7) is 2.24. The first kappa shape index (κ1) is 23.3. The van der Waals surface area contributed by atoms with Gasteiger partial charge in [-0.05, 0) is 42.8 Å². The average molecular weight is 511 g/mol. The van der Waals surface area contributed by atoms with Crippen LogP contribution in [-0.2, 0) is 4.79 Å². The summed E-state index contributed by atoms with van der Waals surface area (Å²) in [6.07, 6.45) is 0. The lowest BCUT2D eigenvalue weighted by Crippen LogP contribution is -2.23. The molecule has 1 aliphatic carbocycles. The van der Waals surface area contributed by atoms with E-state index < -0.39 is 22.1 Å². The van der Waals surface area contributed by atoms with Gasteiger partial charge in [-0.15, -0.1) is 23.2 Å². The molecule has 0 radical (unpaired) electrons. The number of alkyl halides is 2. The highest BCUT2D eigenvalue weighted by molar-refractivity contribution is 6.53. The van der Waals surface area contributed by atoms with E-state index in [1.807, 2.05) is 0 Å². The fourth-order valence-corrected chi connectivity index (χ4v) is 4.96. The number of hydrogen-bond donors (Lipinski definition) is 2. The van der Waals surface area contributed by atoms with Gasteiger partial charge in [0, 0.05) is 18.2 Å². The van der Waals surface area contributed by atoms with Gasteiger partial charge in [-0.1, -0.05) is 34.8 Å². The van der Waals surface area contributed by atoms with E-state index in [2.05, 4.69) is 10.6 Å². The number of halogens is 5. The molecule has 0 spiro atoms. The standard InChI is InChI=1S/C20H17Cl5N2O3/c1-3-26-18(28)11-8-10(4-5-12(11)21)27-19(29)16-15(20(16,24)25)9-6-13(22)17(30-2)14(23)7-9/h4-8,15-16H,3H2,1-2H3,(H,26,28)(H,27,29)/t15-,16+/m1/s1. The lowest BCUT2D eigenvalue weighted by Gasteiger charge is -2.10. The predicted octanol–water partition coefficient (Wildman–Crippen LogP) is 5.93. The summed E-state index contributed by atoms with van der Waals surface area (Å²) in [6, 6.07) is 7.86. The second-order valence-electron chi connectivity index (χ2n) is 6.69. The highest BCUT2D eigenvalue weighted by Crippen LogP contribution is 2.65. The third kappa shape index (κ3) is 4.46. The molecule has 1 saturated carbocycles. The van der Waals surface area contributed by atoms with E-state index in [1.165, 1.54) is 19.2 Å². The van der Waals surface area contributed by atoms with Gasteiger partial charge in [0.2, 0.25) is 5.91 Å². The second kappa shape index (κ2) is 9.01. The number of benzene rings is 2. The van der Waals surface area contributed by atoms with E-state index in [0.717, 1.165) is 0 Å². The fraction of sp³-hybridized carbons (Fsp3) is 0.300. The maximum atomic E-state index is 12.9. The first-order valence-corrected chi connectivity index (χ1v) is 10.8. The maximum Gasteiger partial charge on any atom is 0.252 e. The Balaban J connectivity index is 1.81. The Morgan fingerprint density at radius 2 is 1.70 bits per heavy atom. The zero-order chi connectivity index (χ0) is 22.2. The minimum absolute atomic E-state index is 0.250. The van der Waals surface area contributed by atoms with E-state index in [1.54, 1.807) is 25.1 Å². The lowest BCUT2D eigenvalue weighted by molar-refractivity contribution is -0.117. The largest absolute Gasteiger partial charge is 0.494 e. The molecule has 1 fully saturated rings. The summed E-state index contributed by atoms with van der Waals surface area (Å²) in [7, 11) is 1.45. The monoisotopic (exact) mass is 508 g/mol. The van der Waals surface area contributed by atoms with Gasteiger partial charge in [0.05, 0.1) is 33.7 Å². The van der Waals surface area contributed by atoms with Gasteiger partial charge in [0.15, 0.2) is 5.75 Å². The van der Waals surface area contributed by atoms with Crippen molar-refractivity contribution in [2.75, 3.05) is 19.0 Å². The molecule has 0 unspecified atom stereocenters. The number of ether oxygens (including phenoxy) is 1. The van der Waals surface area contributed by atoms with Crippen molar-refractivity contribution in [3.63, 3.8) is 0 Å².